The second kappa shape index (κ2) is 9.54. The molecule has 0 aliphatic carbocycles. The van der Waals surface area contributed by atoms with Crippen molar-refractivity contribution in [2.75, 3.05) is 29.8 Å². The molecule has 9 heteroatoms. The monoisotopic (exact) mass is 520 g/mol. The van der Waals surface area contributed by atoms with E-state index in [2.05, 4.69) is 10.3 Å². The summed E-state index contributed by atoms with van der Waals surface area (Å²) in [5.41, 5.74) is 3.73. The molecule has 5 rings (SSSR count). The molecule has 1 amide bonds. The van der Waals surface area contributed by atoms with Gasteiger partial charge in [-0.15, -0.1) is 0 Å². The fourth-order valence-corrected chi connectivity index (χ4v) is 6.12. The Morgan fingerprint density at radius 2 is 1.83 bits per heavy atom. The molecule has 0 bridgehead atoms. The third kappa shape index (κ3) is 4.43. The van der Waals surface area contributed by atoms with Crippen LogP contribution in [-0.2, 0) is 10.2 Å². The van der Waals surface area contributed by atoms with E-state index in [9.17, 15) is 13.2 Å². The minimum atomic E-state index is -3.56. The van der Waals surface area contributed by atoms with Crippen LogP contribution < -0.4 is 9.62 Å². The first-order valence-electron chi connectivity index (χ1n) is 11.6. The molecule has 0 unspecified atom stereocenters. The van der Waals surface area contributed by atoms with Crippen molar-refractivity contribution < 1.29 is 13.2 Å². The van der Waals surface area contributed by atoms with Crippen LogP contribution in [0.15, 0.2) is 72.9 Å². The van der Waals surface area contributed by atoms with Gasteiger partial charge in [-0.3, -0.25) is 14.1 Å². The van der Waals surface area contributed by atoms with Crippen molar-refractivity contribution in [1.82, 2.24) is 9.29 Å². The van der Waals surface area contributed by atoms with Crippen LogP contribution in [0.1, 0.15) is 22.3 Å². The predicted molar refractivity (Wildman–Crippen MR) is 145 cm³/mol. The van der Waals surface area contributed by atoms with Crippen molar-refractivity contribution in [2.45, 2.75) is 13.3 Å². The standard InChI is InChI=1S/C27H25ClN4O3S/c1-18-16-21(32-15-5-14-31(2)36(32,34)35)9-10-22(18)27(33)30-20-8-11-25(28)24(17-20)26-23-7-4-3-6-19(23)12-13-29-26/h3-4,6-13,16-17H,5,14-15H2,1-2H3,(H,30,33). The summed E-state index contributed by atoms with van der Waals surface area (Å²) in [5, 5.41) is 5.49. The first-order valence-corrected chi connectivity index (χ1v) is 13.3. The molecule has 1 aliphatic heterocycles. The number of aryl methyl sites for hydroxylation is 1. The number of pyridine rings is 1. The third-order valence-corrected chi connectivity index (χ3v) is 8.65. The normalized spacial score (nSPS) is 15.7. The second-order valence-corrected chi connectivity index (χ2v) is 11.2. The lowest BCUT2D eigenvalue weighted by atomic mass is 10.0. The highest BCUT2D eigenvalue weighted by Crippen LogP contribution is 2.34. The van der Waals surface area contributed by atoms with Crippen LogP contribution in [0.3, 0.4) is 0 Å². The molecule has 1 aliphatic rings. The minimum Gasteiger partial charge on any atom is -0.322 e. The average Bonchev–Trinajstić information content (AvgIpc) is 2.86. The van der Waals surface area contributed by atoms with E-state index in [0.29, 0.717) is 40.6 Å². The Hall–Kier alpha value is -3.46. The molecular weight excluding hydrogens is 496 g/mol. The molecule has 36 heavy (non-hydrogen) atoms. The lowest BCUT2D eigenvalue weighted by molar-refractivity contribution is 0.102. The summed E-state index contributed by atoms with van der Waals surface area (Å²) in [6, 6.07) is 20.2. The zero-order valence-electron chi connectivity index (χ0n) is 19.9. The van der Waals surface area contributed by atoms with E-state index >= 15 is 0 Å². The van der Waals surface area contributed by atoms with E-state index in [1.165, 1.54) is 8.61 Å². The molecule has 1 N–H and O–H groups in total. The van der Waals surface area contributed by atoms with Gasteiger partial charge < -0.3 is 5.32 Å². The fourth-order valence-electron chi connectivity index (χ4n) is 4.47. The Labute approximate surface area is 215 Å². The molecule has 1 aromatic heterocycles. The zero-order chi connectivity index (χ0) is 25.4. The summed E-state index contributed by atoms with van der Waals surface area (Å²) in [7, 11) is -1.98. The van der Waals surface area contributed by atoms with Crippen LogP contribution in [0.25, 0.3) is 22.0 Å². The zero-order valence-corrected chi connectivity index (χ0v) is 21.5. The maximum absolute atomic E-state index is 13.1. The molecule has 0 spiro atoms. The van der Waals surface area contributed by atoms with E-state index in [1.54, 1.807) is 50.5 Å². The van der Waals surface area contributed by atoms with Gasteiger partial charge in [0.25, 0.3) is 5.91 Å². The predicted octanol–water partition coefficient (Wildman–Crippen LogP) is 5.50. The molecular formula is C27H25ClN4O3S. The number of amides is 1. The highest BCUT2D eigenvalue weighted by Gasteiger charge is 2.31. The van der Waals surface area contributed by atoms with Gasteiger partial charge in [-0.05, 0) is 66.8 Å². The van der Waals surface area contributed by atoms with Crippen molar-refractivity contribution >= 4 is 49.9 Å². The first kappa shape index (κ1) is 24.2. The maximum Gasteiger partial charge on any atom is 0.303 e. The molecule has 7 nitrogen and oxygen atoms in total. The SMILES string of the molecule is Cc1cc(N2CCCN(C)S2(=O)=O)ccc1C(=O)Nc1ccc(Cl)c(-c2nccc3ccccc23)c1. The summed E-state index contributed by atoms with van der Waals surface area (Å²) in [6.07, 6.45) is 2.48. The number of anilines is 2. The van der Waals surface area contributed by atoms with Crippen LogP contribution in [0.5, 0.6) is 0 Å². The van der Waals surface area contributed by atoms with Gasteiger partial charge >= 0.3 is 10.2 Å². The molecule has 184 valence electrons. The number of carbonyl (C=O) groups excluding carboxylic acids is 1. The van der Waals surface area contributed by atoms with Crippen LogP contribution >= 0.6 is 11.6 Å². The van der Waals surface area contributed by atoms with Gasteiger partial charge in [0.1, 0.15) is 0 Å². The Morgan fingerprint density at radius 1 is 1.03 bits per heavy atom. The quantitative estimate of drug-likeness (QED) is 0.385. The number of rotatable bonds is 4. The van der Waals surface area contributed by atoms with Crippen molar-refractivity contribution in [3.63, 3.8) is 0 Å². The lowest BCUT2D eigenvalue weighted by Crippen LogP contribution is -2.48. The van der Waals surface area contributed by atoms with Crippen LogP contribution in [0.4, 0.5) is 11.4 Å². The first-order chi connectivity index (χ1) is 17.3. The Kier molecular flexibility index (Phi) is 6.42. The minimum absolute atomic E-state index is 0.295. The number of hydrogen-bond acceptors (Lipinski definition) is 4. The molecule has 0 saturated carbocycles. The van der Waals surface area contributed by atoms with Crippen molar-refractivity contribution in [3.8, 4) is 11.3 Å². The highest BCUT2D eigenvalue weighted by molar-refractivity contribution is 7.90. The number of halogens is 1. The Bertz CT molecular complexity index is 1580. The molecule has 4 aromatic rings. The van der Waals surface area contributed by atoms with Crippen molar-refractivity contribution in [3.05, 3.63) is 89.1 Å². The Morgan fingerprint density at radius 3 is 2.64 bits per heavy atom. The molecule has 0 atom stereocenters. The summed E-state index contributed by atoms with van der Waals surface area (Å²) in [5.74, 6) is -0.295. The summed E-state index contributed by atoms with van der Waals surface area (Å²) < 4.78 is 28.1. The summed E-state index contributed by atoms with van der Waals surface area (Å²) in [6.45, 7) is 2.70. The number of hydrogen-bond donors (Lipinski definition) is 1. The van der Waals surface area contributed by atoms with E-state index in [0.717, 1.165) is 28.5 Å². The van der Waals surface area contributed by atoms with E-state index in [4.69, 9.17) is 11.6 Å². The number of nitrogens with one attached hydrogen (secondary N) is 1. The van der Waals surface area contributed by atoms with E-state index in [1.807, 2.05) is 36.4 Å². The largest absolute Gasteiger partial charge is 0.322 e. The van der Waals surface area contributed by atoms with E-state index < -0.39 is 10.2 Å². The number of fused-ring (bicyclic) bond motifs is 1. The highest BCUT2D eigenvalue weighted by atomic mass is 35.5. The summed E-state index contributed by atoms with van der Waals surface area (Å²) >= 11 is 6.52. The number of nitrogens with zero attached hydrogens (tertiary/aromatic N) is 3. The molecule has 2 heterocycles. The number of carbonyl (C=O) groups is 1. The molecule has 0 radical (unpaired) electrons. The third-order valence-electron chi connectivity index (χ3n) is 6.40. The van der Waals surface area contributed by atoms with Gasteiger partial charge in [0.05, 0.1) is 16.4 Å². The van der Waals surface area contributed by atoms with Gasteiger partial charge in [0.15, 0.2) is 0 Å². The van der Waals surface area contributed by atoms with Crippen molar-refractivity contribution in [2.24, 2.45) is 0 Å². The molecule has 3 aromatic carbocycles. The Balaban J connectivity index is 1.42. The van der Waals surface area contributed by atoms with E-state index in [-0.39, 0.29) is 5.91 Å². The van der Waals surface area contributed by atoms with Crippen LogP contribution in [0, 0.1) is 6.92 Å². The van der Waals surface area contributed by atoms with Gasteiger partial charge in [0, 0.05) is 48.5 Å². The van der Waals surface area contributed by atoms with Gasteiger partial charge in [-0.1, -0.05) is 35.9 Å². The van der Waals surface area contributed by atoms with Crippen molar-refractivity contribution in [1.29, 1.82) is 0 Å². The fraction of sp³-hybridized carbons (Fsp3) is 0.185. The smallest absolute Gasteiger partial charge is 0.303 e. The lowest BCUT2D eigenvalue weighted by Gasteiger charge is -2.34. The van der Waals surface area contributed by atoms with Gasteiger partial charge in [0.2, 0.25) is 0 Å². The number of aromatic nitrogens is 1. The van der Waals surface area contributed by atoms with Crippen LogP contribution in [0.2, 0.25) is 5.02 Å². The average molecular weight is 521 g/mol. The second-order valence-electron chi connectivity index (χ2n) is 8.78. The van der Waals surface area contributed by atoms with Gasteiger partial charge in [-0.25, -0.2) is 0 Å². The van der Waals surface area contributed by atoms with Crippen LogP contribution in [-0.4, -0.2) is 43.8 Å². The molecule has 1 saturated heterocycles. The maximum atomic E-state index is 13.1. The molecule has 1 fully saturated rings. The van der Waals surface area contributed by atoms with Gasteiger partial charge in [-0.2, -0.15) is 12.7 Å². The topological polar surface area (TPSA) is 82.6 Å². The summed E-state index contributed by atoms with van der Waals surface area (Å²) in [4.78, 5) is 17.7. The number of benzene rings is 3.